The Labute approximate surface area is 211 Å². The van der Waals surface area contributed by atoms with Crippen molar-refractivity contribution < 1.29 is 9.15 Å². The molecule has 1 aromatic heterocycles. The minimum absolute atomic E-state index is 0.587. The normalized spacial score (nSPS) is 17.8. The van der Waals surface area contributed by atoms with Gasteiger partial charge < -0.3 is 14.5 Å². The molecule has 0 fully saturated rings. The number of furan rings is 1. The lowest BCUT2D eigenvalue weighted by molar-refractivity contribution is -0.119. The van der Waals surface area contributed by atoms with Gasteiger partial charge in [-0.15, -0.1) is 0 Å². The zero-order valence-corrected chi connectivity index (χ0v) is 19.9. The van der Waals surface area contributed by atoms with Crippen LogP contribution >= 0.6 is 0 Å². The van der Waals surface area contributed by atoms with Crippen molar-refractivity contribution in [2.75, 3.05) is 5.32 Å². The molecule has 3 heteroatoms. The molecule has 0 bridgehead atoms. The van der Waals surface area contributed by atoms with Gasteiger partial charge in [0.25, 0.3) is 0 Å². The number of fused-ring (bicyclic) bond motifs is 1. The van der Waals surface area contributed by atoms with Crippen molar-refractivity contribution in [3.8, 4) is 11.8 Å². The van der Waals surface area contributed by atoms with Crippen LogP contribution in [0.25, 0.3) is 0 Å². The Kier molecular flexibility index (Phi) is 5.45. The first-order valence-corrected chi connectivity index (χ1v) is 12.0. The van der Waals surface area contributed by atoms with Gasteiger partial charge in [-0.25, -0.2) is 0 Å². The number of hydrogen-bond acceptors (Lipinski definition) is 3. The Balaban J connectivity index is 1.50. The third kappa shape index (κ3) is 3.79. The average Bonchev–Trinajstić information content (AvgIpc) is 3.43. The maximum Gasteiger partial charge on any atom is 0.196 e. The van der Waals surface area contributed by atoms with Gasteiger partial charge in [-0.3, -0.25) is 0 Å². The molecular weight excluding hydrogens is 442 g/mol. The number of anilines is 1. The average molecular weight is 468 g/mol. The molecule has 0 unspecified atom stereocenters. The van der Waals surface area contributed by atoms with Crippen LogP contribution in [0.5, 0.6) is 0 Å². The maximum atomic E-state index is 7.17. The van der Waals surface area contributed by atoms with Crippen molar-refractivity contribution in [2.24, 2.45) is 0 Å². The highest BCUT2D eigenvalue weighted by molar-refractivity contribution is 5.64. The molecule has 0 spiro atoms. The number of hydrogen-bond donors (Lipinski definition) is 1. The Hall–Kier alpha value is -4.52. The highest BCUT2D eigenvalue weighted by Crippen LogP contribution is 2.52. The zero-order chi connectivity index (χ0) is 24.4. The summed E-state index contributed by atoms with van der Waals surface area (Å²) in [5, 5.41) is 3.61. The molecule has 2 heterocycles. The van der Waals surface area contributed by atoms with Crippen LogP contribution in [-0.2, 0) is 16.1 Å². The topological polar surface area (TPSA) is 34.4 Å². The summed E-state index contributed by atoms with van der Waals surface area (Å²) in [6.07, 6.45) is 0. The van der Waals surface area contributed by atoms with Gasteiger partial charge in [-0.1, -0.05) is 103 Å². The highest BCUT2D eigenvalue weighted by atomic mass is 16.6. The van der Waals surface area contributed by atoms with Crippen molar-refractivity contribution in [3.63, 3.8) is 0 Å². The number of nitrogens with one attached hydrogen (secondary N) is 1. The van der Waals surface area contributed by atoms with E-state index < -0.39 is 11.3 Å². The summed E-state index contributed by atoms with van der Waals surface area (Å²) in [7, 11) is 0. The molecule has 4 aromatic carbocycles. The van der Waals surface area contributed by atoms with Crippen LogP contribution in [0.2, 0.25) is 0 Å². The van der Waals surface area contributed by atoms with E-state index >= 15 is 0 Å². The van der Waals surface area contributed by atoms with Gasteiger partial charge in [0, 0.05) is 16.8 Å². The Morgan fingerprint density at radius 3 is 1.86 bits per heavy atom. The van der Waals surface area contributed by atoms with E-state index in [0.717, 1.165) is 27.9 Å². The van der Waals surface area contributed by atoms with Crippen LogP contribution in [0.1, 0.15) is 40.7 Å². The molecular formula is C33H25NO2. The third-order valence-corrected chi connectivity index (χ3v) is 6.58. The summed E-state index contributed by atoms with van der Waals surface area (Å²) in [4.78, 5) is 0. The SMILES string of the molecule is C[C@@]1(c2ccc(C#Cc3ccccc3)o2)Nc2ccccc2C(c2ccccc2)(c2ccccc2)O1. The van der Waals surface area contributed by atoms with Gasteiger partial charge in [0.2, 0.25) is 0 Å². The molecule has 1 aliphatic rings. The smallest absolute Gasteiger partial charge is 0.196 e. The molecule has 0 saturated carbocycles. The van der Waals surface area contributed by atoms with Crippen LogP contribution in [0.3, 0.4) is 0 Å². The molecule has 0 amide bonds. The van der Waals surface area contributed by atoms with Crippen molar-refractivity contribution in [3.05, 3.63) is 161 Å². The van der Waals surface area contributed by atoms with E-state index in [0.29, 0.717) is 11.5 Å². The summed E-state index contributed by atoms with van der Waals surface area (Å²) in [5.41, 5.74) is 3.28. The predicted octanol–water partition coefficient (Wildman–Crippen LogP) is 7.29. The van der Waals surface area contributed by atoms with E-state index in [4.69, 9.17) is 9.15 Å². The molecule has 3 nitrogen and oxygen atoms in total. The van der Waals surface area contributed by atoms with E-state index in [9.17, 15) is 0 Å². The summed E-state index contributed by atoms with van der Waals surface area (Å²) in [5.74, 6) is 7.55. The second kappa shape index (κ2) is 8.92. The van der Waals surface area contributed by atoms with Crippen molar-refractivity contribution in [2.45, 2.75) is 18.2 Å². The van der Waals surface area contributed by atoms with Crippen molar-refractivity contribution in [1.82, 2.24) is 0 Å². The first-order chi connectivity index (χ1) is 17.7. The van der Waals surface area contributed by atoms with Crippen molar-refractivity contribution in [1.29, 1.82) is 0 Å². The van der Waals surface area contributed by atoms with Crippen LogP contribution in [0.15, 0.2) is 132 Å². The largest absolute Gasteiger partial charge is 0.448 e. The summed E-state index contributed by atoms with van der Waals surface area (Å²) >= 11 is 0. The summed E-state index contributed by atoms with van der Waals surface area (Å²) in [6.45, 7) is 2.01. The van der Waals surface area contributed by atoms with E-state index in [-0.39, 0.29) is 0 Å². The molecule has 5 aromatic rings. The molecule has 6 rings (SSSR count). The minimum atomic E-state index is -0.952. The van der Waals surface area contributed by atoms with Gasteiger partial charge in [-0.05, 0) is 54.3 Å². The van der Waals surface area contributed by atoms with Crippen LogP contribution in [0, 0.1) is 11.8 Å². The molecule has 0 aliphatic carbocycles. The number of ether oxygens (including phenoxy) is 1. The lowest BCUT2D eigenvalue weighted by Crippen LogP contribution is -2.49. The lowest BCUT2D eigenvalue weighted by atomic mass is 9.77. The predicted molar refractivity (Wildman–Crippen MR) is 142 cm³/mol. The zero-order valence-electron chi connectivity index (χ0n) is 19.9. The van der Waals surface area contributed by atoms with Crippen LogP contribution < -0.4 is 5.32 Å². The fourth-order valence-electron chi connectivity index (χ4n) is 4.91. The quantitative estimate of drug-likeness (QED) is 0.283. The third-order valence-electron chi connectivity index (χ3n) is 6.58. The van der Waals surface area contributed by atoms with Crippen LogP contribution in [-0.4, -0.2) is 0 Å². The van der Waals surface area contributed by atoms with E-state index in [2.05, 4.69) is 83.9 Å². The second-order valence-corrected chi connectivity index (χ2v) is 9.00. The fraction of sp³-hybridized carbons (Fsp3) is 0.0909. The van der Waals surface area contributed by atoms with Crippen LogP contribution in [0.4, 0.5) is 5.69 Å². The number of para-hydroxylation sites is 1. The minimum Gasteiger partial charge on any atom is -0.448 e. The van der Waals surface area contributed by atoms with Gasteiger partial charge in [0.05, 0.1) is 0 Å². The van der Waals surface area contributed by atoms with E-state index in [1.54, 1.807) is 0 Å². The summed E-state index contributed by atoms with van der Waals surface area (Å²) < 4.78 is 13.4. The van der Waals surface area contributed by atoms with Gasteiger partial charge in [-0.2, -0.15) is 0 Å². The Morgan fingerprint density at radius 1 is 0.611 bits per heavy atom. The molecule has 1 atom stereocenters. The molecule has 174 valence electrons. The Morgan fingerprint density at radius 2 is 1.19 bits per heavy atom. The highest BCUT2D eigenvalue weighted by Gasteiger charge is 2.50. The van der Waals surface area contributed by atoms with Crippen molar-refractivity contribution >= 4 is 5.69 Å². The number of rotatable bonds is 3. The molecule has 1 N–H and O–H groups in total. The Bertz CT molecular complexity index is 1510. The van der Waals surface area contributed by atoms with E-state index in [1.165, 1.54) is 0 Å². The van der Waals surface area contributed by atoms with Gasteiger partial charge >= 0.3 is 0 Å². The second-order valence-electron chi connectivity index (χ2n) is 9.00. The number of benzene rings is 4. The molecule has 36 heavy (non-hydrogen) atoms. The monoisotopic (exact) mass is 467 g/mol. The fourth-order valence-corrected chi connectivity index (χ4v) is 4.91. The molecule has 1 aliphatic heterocycles. The first kappa shape index (κ1) is 22.0. The standard InChI is InChI=1S/C33H25NO2/c1-32(31-24-23-28(35-31)22-21-25-13-5-2-6-14-25)34-30-20-12-11-19-29(30)33(36-32,26-15-7-3-8-16-26)27-17-9-4-10-18-27/h2-20,23-24,34H,1H3/t32-/m1/s1. The lowest BCUT2D eigenvalue weighted by Gasteiger charge is -2.48. The van der Waals surface area contributed by atoms with Gasteiger partial charge in [0.1, 0.15) is 5.60 Å². The van der Waals surface area contributed by atoms with Gasteiger partial charge in [0.15, 0.2) is 17.2 Å². The molecule has 0 radical (unpaired) electrons. The van der Waals surface area contributed by atoms with E-state index in [1.807, 2.05) is 67.6 Å². The first-order valence-electron chi connectivity index (χ1n) is 12.0. The summed E-state index contributed by atoms with van der Waals surface area (Å²) in [6, 6.07) is 42.8. The molecule has 0 saturated heterocycles. The maximum absolute atomic E-state index is 7.17.